The Labute approximate surface area is 208 Å². The lowest BCUT2D eigenvalue weighted by atomic mass is 10.2. The van der Waals surface area contributed by atoms with E-state index < -0.39 is 16.0 Å². The molecule has 3 rings (SSSR count). The van der Waals surface area contributed by atoms with Crippen LogP contribution in [0.1, 0.15) is 37.0 Å². The van der Waals surface area contributed by atoms with Crippen LogP contribution in [0, 0.1) is 22.7 Å². The van der Waals surface area contributed by atoms with Crippen molar-refractivity contribution in [2.45, 2.75) is 31.6 Å². The van der Waals surface area contributed by atoms with Crippen LogP contribution in [-0.4, -0.2) is 49.9 Å². The average Bonchev–Trinajstić information content (AvgIpc) is 3.28. The fourth-order valence-electron chi connectivity index (χ4n) is 3.37. The summed E-state index contributed by atoms with van der Waals surface area (Å²) >= 11 is 1.52. The molecule has 1 aromatic heterocycles. The van der Waals surface area contributed by atoms with Gasteiger partial charge in [0, 0.05) is 45.1 Å². The molecule has 0 aliphatic heterocycles. The quantitative estimate of drug-likeness (QED) is 0.277. The Morgan fingerprint density at radius 1 is 1.03 bits per heavy atom. The van der Waals surface area contributed by atoms with Crippen molar-refractivity contribution >= 4 is 42.7 Å². The molecular formula is C24H25N5O4S2. The van der Waals surface area contributed by atoms with Crippen molar-refractivity contribution in [2.24, 2.45) is 0 Å². The molecule has 0 unspecified atom stereocenters. The van der Waals surface area contributed by atoms with Gasteiger partial charge in [-0.25, -0.2) is 18.2 Å². The first-order valence-electron chi connectivity index (χ1n) is 11.1. The van der Waals surface area contributed by atoms with Gasteiger partial charge in [0.05, 0.1) is 32.8 Å². The van der Waals surface area contributed by atoms with Crippen molar-refractivity contribution in [3.63, 3.8) is 0 Å². The van der Waals surface area contributed by atoms with Gasteiger partial charge >= 0.3 is 5.97 Å². The van der Waals surface area contributed by atoms with Crippen LogP contribution < -0.4 is 9.64 Å². The van der Waals surface area contributed by atoms with Gasteiger partial charge in [0.25, 0.3) is 0 Å². The Bertz CT molecular complexity index is 1350. The van der Waals surface area contributed by atoms with Crippen molar-refractivity contribution in [1.82, 2.24) is 9.29 Å². The predicted molar refractivity (Wildman–Crippen MR) is 134 cm³/mol. The molecule has 35 heavy (non-hydrogen) atoms. The highest BCUT2D eigenvalue weighted by Gasteiger charge is 2.24. The lowest BCUT2D eigenvalue weighted by molar-refractivity contribution is 0.0735. The number of sulfonamides is 1. The van der Waals surface area contributed by atoms with Crippen molar-refractivity contribution in [3.8, 4) is 17.9 Å². The van der Waals surface area contributed by atoms with Crippen LogP contribution in [-0.2, 0) is 10.0 Å². The number of esters is 1. The van der Waals surface area contributed by atoms with Crippen LogP contribution in [0.4, 0.5) is 5.13 Å². The molecule has 0 N–H and O–H groups in total. The van der Waals surface area contributed by atoms with Crippen molar-refractivity contribution in [3.05, 3.63) is 48.0 Å². The van der Waals surface area contributed by atoms with Gasteiger partial charge in [-0.15, -0.1) is 0 Å². The van der Waals surface area contributed by atoms with Gasteiger partial charge in [-0.3, -0.25) is 0 Å². The first-order valence-corrected chi connectivity index (χ1v) is 13.3. The Hall–Kier alpha value is -3.51. The molecular weight excluding hydrogens is 486 g/mol. The van der Waals surface area contributed by atoms with Crippen molar-refractivity contribution in [1.29, 1.82) is 10.5 Å². The van der Waals surface area contributed by atoms with E-state index in [4.69, 9.17) is 15.3 Å². The summed E-state index contributed by atoms with van der Waals surface area (Å²) in [5.74, 6) is -0.249. The minimum absolute atomic E-state index is 0.00951. The number of benzene rings is 2. The monoisotopic (exact) mass is 511 g/mol. The molecule has 0 fully saturated rings. The molecule has 0 saturated heterocycles. The van der Waals surface area contributed by atoms with Gasteiger partial charge in [0.1, 0.15) is 5.75 Å². The molecule has 11 heteroatoms. The molecule has 0 amide bonds. The number of nitrogens with zero attached hydrogens (tertiary/aromatic N) is 5. The second-order valence-corrected chi connectivity index (χ2v) is 10.4. The van der Waals surface area contributed by atoms with E-state index in [1.165, 1.54) is 35.6 Å². The maximum absolute atomic E-state index is 12.9. The van der Waals surface area contributed by atoms with Gasteiger partial charge in [-0.1, -0.05) is 11.3 Å². The number of hydrogen-bond acceptors (Lipinski definition) is 9. The standard InChI is InChI=1S/C24H25N5O4S2/c1-3-28(4-2)24-27-21-12-9-19(17-22(21)34-24)33-23(30)18-7-10-20(11-8-18)35(31,32)29(15-5-13-25)16-6-14-26/h7-12,17H,3-6,15-16H2,1-2H3. The fourth-order valence-corrected chi connectivity index (χ4v) is 5.93. The van der Waals surface area contributed by atoms with Crippen LogP contribution in [0.25, 0.3) is 10.2 Å². The number of fused-ring (bicyclic) bond motifs is 1. The Balaban J connectivity index is 1.75. The van der Waals surface area contributed by atoms with Gasteiger partial charge in [-0.05, 0) is 50.2 Å². The topological polar surface area (TPSA) is 127 Å². The third-order valence-corrected chi connectivity index (χ3v) is 8.26. The van der Waals surface area contributed by atoms with Gasteiger partial charge in [0.15, 0.2) is 5.13 Å². The van der Waals surface area contributed by atoms with Crippen LogP contribution in [0.5, 0.6) is 5.75 Å². The maximum Gasteiger partial charge on any atom is 0.343 e. The molecule has 0 atom stereocenters. The van der Waals surface area contributed by atoms with E-state index in [0.29, 0.717) is 5.75 Å². The van der Waals surface area contributed by atoms with E-state index in [-0.39, 0.29) is 36.4 Å². The van der Waals surface area contributed by atoms with Gasteiger partial charge < -0.3 is 9.64 Å². The zero-order valence-electron chi connectivity index (χ0n) is 19.5. The third kappa shape index (κ3) is 6.14. The molecule has 0 aliphatic rings. The normalized spacial score (nSPS) is 11.2. The number of aromatic nitrogens is 1. The average molecular weight is 512 g/mol. The Morgan fingerprint density at radius 2 is 1.66 bits per heavy atom. The number of rotatable bonds is 11. The molecule has 9 nitrogen and oxygen atoms in total. The first kappa shape index (κ1) is 26.1. The van der Waals surface area contributed by atoms with Crippen molar-refractivity contribution < 1.29 is 17.9 Å². The third-order valence-electron chi connectivity index (χ3n) is 5.27. The van der Waals surface area contributed by atoms with Crippen LogP contribution >= 0.6 is 11.3 Å². The van der Waals surface area contributed by atoms with E-state index >= 15 is 0 Å². The molecule has 0 saturated carbocycles. The molecule has 182 valence electrons. The molecule has 2 aromatic carbocycles. The number of anilines is 1. The molecule has 3 aromatic rings. The highest BCUT2D eigenvalue weighted by molar-refractivity contribution is 7.89. The molecule has 0 aliphatic carbocycles. The van der Waals surface area contributed by atoms with E-state index in [9.17, 15) is 13.2 Å². The molecule has 0 spiro atoms. The summed E-state index contributed by atoms with van der Waals surface area (Å²) in [5, 5.41) is 18.5. The Kier molecular flexibility index (Phi) is 8.77. The van der Waals surface area contributed by atoms with Gasteiger partial charge in [0.2, 0.25) is 10.0 Å². The number of ether oxygens (including phenoxy) is 1. The molecule has 1 heterocycles. The number of carbonyl (C=O) groups excluding carboxylic acids is 1. The summed E-state index contributed by atoms with van der Waals surface area (Å²) in [6.07, 6.45) is 0.0190. The van der Waals surface area contributed by atoms with E-state index in [0.717, 1.165) is 32.7 Å². The zero-order valence-corrected chi connectivity index (χ0v) is 21.1. The zero-order chi connectivity index (χ0) is 25.4. The summed E-state index contributed by atoms with van der Waals surface area (Å²) in [5.41, 5.74) is 1.02. The minimum Gasteiger partial charge on any atom is -0.423 e. The smallest absolute Gasteiger partial charge is 0.343 e. The SMILES string of the molecule is CCN(CC)c1nc2ccc(OC(=O)c3ccc(S(=O)(=O)N(CCC#N)CCC#N)cc3)cc2s1. The lowest BCUT2D eigenvalue weighted by Gasteiger charge is -2.20. The minimum atomic E-state index is -3.91. The van der Waals surface area contributed by atoms with Gasteiger partial charge in [-0.2, -0.15) is 14.8 Å². The Morgan fingerprint density at radius 3 is 2.23 bits per heavy atom. The van der Waals surface area contributed by atoms with E-state index in [1.807, 2.05) is 12.1 Å². The van der Waals surface area contributed by atoms with Crippen LogP contribution in [0.3, 0.4) is 0 Å². The molecule has 0 radical (unpaired) electrons. The van der Waals surface area contributed by atoms with Crippen LogP contribution in [0.15, 0.2) is 47.4 Å². The van der Waals surface area contributed by atoms with Crippen molar-refractivity contribution in [2.75, 3.05) is 31.1 Å². The number of nitriles is 2. The first-order chi connectivity index (χ1) is 16.8. The summed E-state index contributed by atoms with van der Waals surface area (Å²) in [6, 6.07) is 14.5. The summed E-state index contributed by atoms with van der Waals surface area (Å²) < 4.78 is 33.3. The number of thiazole rings is 1. The second kappa shape index (κ2) is 11.8. The number of hydrogen-bond donors (Lipinski definition) is 0. The summed E-state index contributed by atoms with van der Waals surface area (Å²) in [4.78, 5) is 19.4. The van der Waals surface area contributed by atoms with E-state index in [2.05, 4.69) is 23.7 Å². The largest absolute Gasteiger partial charge is 0.423 e. The summed E-state index contributed by atoms with van der Waals surface area (Å²) in [7, 11) is -3.91. The second-order valence-electron chi connectivity index (χ2n) is 7.43. The predicted octanol–water partition coefficient (Wildman–Crippen LogP) is 4.18. The maximum atomic E-state index is 12.9. The molecule has 0 bridgehead atoms. The highest BCUT2D eigenvalue weighted by Crippen LogP contribution is 2.31. The fraction of sp³-hybridized carbons (Fsp3) is 0.333. The summed E-state index contributed by atoms with van der Waals surface area (Å²) in [6.45, 7) is 5.79. The lowest BCUT2D eigenvalue weighted by Crippen LogP contribution is -2.32. The van der Waals surface area contributed by atoms with E-state index in [1.54, 1.807) is 18.2 Å². The highest BCUT2D eigenvalue weighted by atomic mass is 32.2. The van der Waals surface area contributed by atoms with Crippen LogP contribution in [0.2, 0.25) is 0 Å². The number of carbonyl (C=O) groups is 1.